The van der Waals surface area contributed by atoms with E-state index in [9.17, 15) is 4.79 Å². The van der Waals surface area contributed by atoms with Gasteiger partial charge in [0.15, 0.2) is 4.34 Å². The van der Waals surface area contributed by atoms with E-state index >= 15 is 0 Å². The number of carbonyl (C=O) groups excluding carboxylic acids is 1. The minimum atomic E-state index is -0.207. The van der Waals surface area contributed by atoms with E-state index in [1.165, 1.54) is 23.1 Å². The van der Waals surface area contributed by atoms with Crippen LogP contribution in [-0.4, -0.2) is 21.4 Å². The Bertz CT molecular complexity index is 516. The van der Waals surface area contributed by atoms with Gasteiger partial charge in [-0.25, -0.2) is 0 Å². The number of amides is 1. The van der Waals surface area contributed by atoms with Gasteiger partial charge < -0.3 is 5.32 Å². The molecule has 18 heavy (non-hydrogen) atoms. The lowest BCUT2D eigenvalue weighted by atomic mass is 10.3. The lowest BCUT2D eigenvalue weighted by Crippen LogP contribution is -2.22. The summed E-state index contributed by atoms with van der Waals surface area (Å²) in [5.74, 6) is -0.0440. The van der Waals surface area contributed by atoms with Crippen LogP contribution in [0.1, 0.15) is 6.92 Å². The smallest absolute Gasteiger partial charge is 0.237 e. The molecule has 1 heterocycles. The first-order valence-corrected chi connectivity index (χ1v) is 7.69. The van der Waals surface area contributed by atoms with Crippen molar-refractivity contribution >= 4 is 50.6 Å². The van der Waals surface area contributed by atoms with Crippen molar-refractivity contribution in [2.24, 2.45) is 0 Å². The van der Waals surface area contributed by atoms with E-state index in [2.05, 4.69) is 31.4 Å². The van der Waals surface area contributed by atoms with Gasteiger partial charge in [-0.2, -0.15) is 0 Å². The van der Waals surface area contributed by atoms with Crippen molar-refractivity contribution < 1.29 is 4.79 Å². The third-order valence-corrected chi connectivity index (χ3v) is 4.54. The molecule has 4 nitrogen and oxygen atoms in total. The molecule has 0 fully saturated rings. The van der Waals surface area contributed by atoms with Crippen LogP contribution in [0.2, 0.25) is 0 Å². The van der Waals surface area contributed by atoms with E-state index in [1.807, 2.05) is 31.2 Å². The van der Waals surface area contributed by atoms with Crippen molar-refractivity contribution in [2.75, 3.05) is 5.32 Å². The van der Waals surface area contributed by atoms with E-state index in [0.717, 1.165) is 14.5 Å². The summed E-state index contributed by atoms with van der Waals surface area (Å²) in [6, 6.07) is 7.48. The number of hydrogen-bond acceptors (Lipinski definition) is 5. The zero-order chi connectivity index (χ0) is 13.0. The first-order valence-electron chi connectivity index (χ1n) is 5.14. The standard InChI is InChI=1S/C11H10BrN3OS2/c1-7(18-11-15-13-6-17-11)10(16)14-9-4-2-8(12)3-5-9/h2-7H,1H3,(H,14,16)/t7-/m0/s1. The van der Waals surface area contributed by atoms with Crippen LogP contribution in [0.25, 0.3) is 0 Å². The topological polar surface area (TPSA) is 54.9 Å². The molecule has 1 amide bonds. The Labute approximate surface area is 121 Å². The summed E-state index contributed by atoms with van der Waals surface area (Å²) in [5.41, 5.74) is 2.44. The lowest BCUT2D eigenvalue weighted by Gasteiger charge is -2.10. The van der Waals surface area contributed by atoms with E-state index in [-0.39, 0.29) is 11.2 Å². The van der Waals surface area contributed by atoms with Gasteiger partial charge in [-0.1, -0.05) is 39.0 Å². The number of aromatic nitrogens is 2. The van der Waals surface area contributed by atoms with E-state index in [1.54, 1.807) is 5.51 Å². The predicted octanol–water partition coefficient (Wildman–Crippen LogP) is 3.42. The molecule has 1 aromatic carbocycles. The second-order valence-corrected chi connectivity index (χ2v) is 6.80. The summed E-state index contributed by atoms with van der Waals surface area (Å²) in [5, 5.41) is 10.3. The van der Waals surface area contributed by atoms with Crippen LogP contribution in [0.4, 0.5) is 5.69 Å². The number of carbonyl (C=O) groups is 1. The van der Waals surface area contributed by atoms with Gasteiger partial charge in [0.25, 0.3) is 0 Å². The van der Waals surface area contributed by atoms with Crippen LogP contribution in [0.3, 0.4) is 0 Å². The fourth-order valence-electron chi connectivity index (χ4n) is 1.20. The molecule has 7 heteroatoms. The van der Waals surface area contributed by atoms with Crippen molar-refractivity contribution in [2.45, 2.75) is 16.5 Å². The molecule has 2 aromatic rings. The van der Waals surface area contributed by atoms with Crippen LogP contribution < -0.4 is 5.32 Å². The average Bonchev–Trinajstić information content (AvgIpc) is 2.85. The van der Waals surface area contributed by atoms with Crippen molar-refractivity contribution in [3.8, 4) is 0 Å². The summed E-state index contributed by atoms with van der Waals surface area (Å²) in [4.78, 5) is 11.9. The maximum Gasteiger partial charge on any atom is 0.237 e. The predicted molar refractivity (Wildman–Crippen MR) is 78.0 cm³/mol. The van der Waals surface area contributed by atoms with Gasteiger partial charge in [-0.3, -0.25) is 4.79 Å². The molecule has 2 rings (SSSR count). The van der Waals surface area contributed by atoms with Crippen molar-refractivity contribution in [3.63, 3.8) is 0 Å². The van der Waals surface area contributed by atoms with Crippen LogP contribution in [-0.2, 0) is 4.79 Å². The highest BCUT2D eigenvalue weighted by atomic mass is 79.9. The maximum atomic E-state index is 11.9. The quantitative estimate of drug-likeness (QED) is 0.864. The van der Waals surface area contributed by atoms with Crippen molar-refractivity contribution in [1.82, 2.24) is 10.2 Å². The molecule has 0 saturated heterocycles. The summed E-state index contributed by atoms with van der Waals surface area (Å²) >= 11 is 6.19. The molecule has 0 bridgehead atoms. The summed E-state index contributed by atoms with van der Waals surface area (Å²) in [7, 11) is 0. The SMILES string of the molecule is C[C@H](Sc1nncs1)C(=O)Nc1ccc(Br)cc1. The Hall–Kier alpha value is -0.920. The Morgan fingerprint density at radius 3 is 2.78 bits per heavy atom. The Balaban J connectivity index is 1.93. The van der Waals surface area contributed by atoms with Crippen molar-refractivity contribution in [3.05, 3.63) is 34.2 Å². The Morgan fingerprint density at radius 2 is 2.17 bits per heavy atom. The molecule has 0 saturated carbocycles. The maximum absolute atomic E-state index is 11.9. The largest absolute Gasteiger partial charge is 0.325 e. The van der Waals surface area contributed by atoms with E-state index < -0.39 is 0 Å². The molecule has 0 aliphatic rings. The second-order valence-electron chi connectivity index (χ2n) is 3.46. The number of hydrogen-bond donors (Lipinski definition) is 1. The zero-order valence-corrected chi connectivity index (χ0v) is 12.7. The van der Waals surface area contributed by atoms with Gasteiger partial charge in [-0.15, -0.1) is 10.2 Å². The van der Waals surface area contributed by atoms with Crippen LogP contribution in [0, 0.1) is 0 Å². The van der Waals surface area contributed by atoms with Gasteiger partial charge in [0.2, 0.25) is 5.91 Å². The highest BCUT2D eigenvalue weighted by Crippen LogP contribution is 2.25. The van der Waals surface area contributed by atoms with E-state index in [0.29, 0.717) is 0 Å². The molecular weight excluding hydrogens is 334 g/mol. The lowest BCUT2D eigenvalue weighted by molar-refractivity contribution is -0.115. The normalized spacial score (nSPS) is 12.1. The number of halogens is 1. The molecule has 94 valence electrons. The van der Waals surface area contributed by atoms with Crippen LogP contribution in [0.15, 0.2) is 38.6 Å². The molecular formula is C11H10BrN3OS2. The molecule has 1 N–H and O–H groups in total. The minimum Gasteiger partial charge on any atom is -0.325 e. The average molecular weight is 344 g/mol. The fraction of sp³-hybridized carbons (Fsp3) is 0.182. The third kappa shape index (κ3) is 3.79. The second kappa shape index (κ2) is 6.31. The molecule has 1 aromatic heterocycles. The highest BCUT2D eigenvalue weighted by molar-refractivity contribution is 9.10. The number of nitrogens with zero attached hydrogens (tertiary/aromatic N) is 2. The molecule has 0 unspecified atom stereocenters. The van der Waals surface area contributed by atoms with Gasteiger partial charge in [0.05, 0.1) is 5.25 Å². The van der Waals surface area contributed by atoms with Gasteiger partial charge in [0.1, 0.15) is 5.51 Å². The number of nitrogens with one attached hydrogen (secondary N) is 1. The summed E-state index contributed by atoms with van der Waals surface area (Å²) < 4.78 is 1.78. The fourth-order valence-corrected chi connectivity index (χ4v) is 3.09. The molecule has 0 radical (unpaired) electrons. The third-order valence-electron chi connectivity index (χ3n) is 2.10. The minimum absolute atomic E-state index is 0.0440. The number of thioether (sulfide) groups is 1. The first kappa shape index (κ1) is 13.5. The van der Waals surface area contributed by atoms with E-state index in [4.69, 9.17) is 0 Å². The first-order chi connectivity index (χ1) is 8.65. The number of anilines is 1. The Kier molecular flexibility index (Phi) is 4.73. The molecule has 0 aliphatic carbocycles. The monoisotopic (exact) mass is 343 g/mol. The van der Waals surface area contributed by atoms with Gasteiger partial charge in [0, 0.05) is 10.2 Å². The van der Waals surface area contributed by atoms with Crippen LogP contribution in [0.5, 0.6) is 0 Å². The zero-order valence-electron chi connectivity index (χ0n) is 9.46. The number of benzene rings is 1. The molecule has 0 spiro atoms. The molecule has 0 aliphatic heterocycles. The van der Waals surface area contributed by atoms with Crippen LogP contribution >= 0.6 is 39.0 Å². The Morgan fingerprint density at radius 1 is 1.44 bits per heavy atom. The molecule has 1 atom stereocenters. The van der Waals surface area contributed by atoms with Crippen molar-refractivity contribution in [1.29, 1.82) is 0 Å². The summed E-state index contributed by atoms with van der Waals surface area (Å²) in [6.45, 7) is 1.85. The van der Waals surface area contributed by atoms with Gasteiger partial charge in [-0.05, 0) is 31.2 Å². The van der Waals surface area contributed by atoms with Gasteiger partial charge >= 0.3 is 0 Å². The number of rotatable bonds is 4. The summed E-state index contributed by atoms with van der Waals surface area (Å²) in [6.07, 6.45) is 0. The highest BCUT2D eigenvalue weighted by Gasteiger charge is 2.16.